The molecule has 4 rings (SSSR count). The Hall–Kier alpha value is -2.26. The summed E-state index contributed by atoms with van der Waals surface area (Å²) in [5.41, 5.74) is -0.627. The summed E-state index contributed by atoms with van der Waals surface area (Å²) in [6.45, 7) is 3.42. The number of hydrogen-bond acceptors (Lipinski definition) is 5. The van der Waals surface area contributed by atoms with Crippen LogP contribution in [0.15, 0.2) is 49.1 Å². The van der Waals surface area contributed by atoms with E-state index >= 15 is 0 Å². The molecule has 1 saturated heterocycles. The van der Waals surface area contributed by atoms with E-state index in [9.17, 15) is 13.9 Å². The Bertz CT molecular complexity index is 1120. The maximum absolute atomic E-state index is 14.8. The first-order chi connectivity index (χ1) is 16.2. The van der Waals surface area contributed by atoms with Crippen LogP contribution in [0.1, 0.15) is 25.3 Å². The highest BCUT2D eigenvalue weighted by molar-refractivity contribution is 6.42. The third-order valence-electron chi connectivity index (χ3n) is 6.88. The van der Waals surface area contributed by atoms with Gasteiger partial charge in [-0.3, -0.25) is 4.90 Å². The van der Waals surface area contributed by atoms with Crippen LogP contribution in [0.4, 0.5) is 14.5 Å². The fraction of sp³-hybridized carbons (Fsp3) is 0.417. The van der Waals surface area contributed by atoms with Crippen molar-refractivity contribution in [1.82, 2.24) is 19.7 Å². The third kappa shape index (κ3) is 5.05. The van der Waals surface area contributed by atoms with Gasteiger partial charge in [0.15, 0.2) is 0 Å². The highest BCUT2D eigenvalue weighted by Crippen LogP contribution is 2.35. The van der Waals surface area contributed by atoms with Crippen LogP contribution in [0.25, 0.3) is 0 Å². The molecular weight excluding hydrogens is 483 g/mol. The van der Waals surface area contributed by atoms with E-state index in [0.29, 0.717) is 10.0 Å². The van der Waals surface area contributed by atoms with E-state index in [0.717, 1.165) is 43.8 Å². The zero-order chi connectivity index (χ0) is 24.5. The van der Waals surface area contributed by atoms with E-state index < -0.39 is 23.3 Å². The van der Waals surface area contributed by atoms with Crippen molar-refractivity contribution < 1.29 is 13.9 Å². The molecule has 0 saturated carbocycles. The van der Waals surface area contributed by atoms with Gasteiger partial charge in [0, 0.05) is 42.5 Å². The molecule has 0 bridgehead atoms. The maximum Gasteiger partial charge on any atom is 0.137 e. The molecule has 3 aromatic rings. The van der Waals surface area contributed by atoms with Crippen LogP contribution >= 0.6 is 23.2 Å². The van der Waals surface area contributed by atoms with Crippen molar-refractivity contribution in [3.63, 3.8) is 0 Å². The molecule has 1 fully saturated rings. The minimum atomic E-state index is -1.67. The summed E-state index contributed by atoms with van der Waals surface area (Å²) < 4.78 is 29.9. The number of hydrogen-bond donors (Lipinski definition) is 1. The van der Waals surface area contributed by atoms with Crippen LogP contribution < -0.4 is 4.90 Å². The minimum absolute atomic E-state index is 0.0246. The second-order valence-corrected chi connectivity index (χ2v) is 9.61. The lowest BCUT2D eigenvalue weighted by Gasteiger charge is -2.45. The van der Waals surface area contributed by atoms with Crippen molar-refractivity contribution in [2.24, 2.45) is 0 Å². The van der Waals surface area contributed by atoms with Crippen LogP contribution in [0.3, 0.4) is 0 Å². The van der Waals surface area contributed by atoms with Crippen LogP contribution in [0.5, 0.6) is 0 Å². The molecule has 0 unspecified atom stereocenters. The van der Waals surface area contributed by atoms with Gasteiger partial charge in [-0.1, -0.05) is 29.3 Å². The molecule has 2 atom stereocenters. The second kappa shape index (κ2) is 10.2. The first-order valence-electron chi connectivity index (χ1n) is 11.1. The number of anilines is 1. The third-order valence-corrected chi connectivity index (χ3v) is 7.62. The van der Waals surface area contributed by atoms with Gasteiger partial charge >= 0.3 is 0 Å². The first-order valence-corrected chi connectivity index (χ1v) is 11.9. The van der Waals surface area contributed by atoms with Gasteiger partial charge in [-0.2, -0.15) is 5.10 Å². The highest BCUT2D eigenvalue weighted by atomic mass is 35.5. The molecule has 2 heterocycles. The Morgan fingerprint density at radius 2 is 1.88 bits per heavy atom. The molecule has 1 N–H and O–H groups in total. The molecule has 0 spiro atoms. The van der Waals surface area contributed by atoms with E-state index in [4.69, 9.17) is 23.2 Å². The van der Waals surface area contributed by atoms with Crippen molar-refractivity contribution in [2.45, 2.75) is 44.0 Å². The zero-order valence-electron chi connectivity index (χ0n) is 19.0. The van der Waals surface area contributed by atoms with Crippen molar-refractivity contribution in [2.75, 3.05) is 25.0 Å². The van der Waals surface area contributed by atoms with Gasteiger partial charge in [-0.25, -0.2) is 18.4 Å². The fourth-order valence-electron chi connectivity index (χ4n) is 4.71. The standard InChI is InChI=1S/C24H27Cl2F2N5O/c1-16(24(34,13-33-15-29-14-30-33)20-5-3-17(27)11-23(20)28)31(2)18-7-9-32(10-8-18)19-4-6-21(25)22(26)12-19/h3-6,11-12,14-16,18,34H,7-10,13H2,1-2H3/t16-,24-/m1/s1. The molecule has 0 amide bonds. The molecule has 0 aliphatic carbocycles. The Morgan fingerprint density at radius 3 is 2.50 bits per heavy atom. The molecule has 1 aliphatic rings. The van der Waals surface area contributed by atoms with Gasteiger partial charge < -0.3 is 10.0 Å². The Morgan fingerprint density at radius 1 is 1.15 bits per heavy atom. The van der Waals surface area contributed by atoms with Gasteiger partial charge in [0.2, 0.25) is 0 Å². The van der Waals surface area contributed by atoms with Gasteiger partial charge in [-0.05, 0) is 51.1 Å². The predicted octanol–water partition coefficient (Wildman–Crippen LogP) is 4.74. The molecule has 0 radical (unpaired) electrons. The SMILES string of the molecule is C[C@@H](N(C)C1CCN(c2ccc(Cl)c(Cl)c2)CC1)[C@](O)(Cn1cncn1)c1ccc(F)cc1F. The quantitative estimate of drug-likeness (QED) is 0.498. The molecule has 1 aromatic heterocycles. The Balaban J connectivity index is 1.53. The first kappa shape index (κ1) is 24.9. The number of piperidine rings is 1. The monoisotopic (exact) mass is 509 g/mol. The van der Waals surface area contributed by atoms with Crippen LogP contribution in [0.2, 0.25) is 10.0 Å². The lowest BCUT2D eigenvalue weighted by Crippen LogP contribution is -2.55. The average Bonchev–Trinajstić information content (AvgIpc) is 3.32. The highest BCUT2D eigenvalue weighted by Gasteiger charge is 2.43. The lowest BCUT2D eigenvalue weighted by atomic mass is 9.84. The number of benzene rings is 2. The number of rotatable bonds is 7. The summed E-state index contributed by atoms with van der Waals surface area (Å²) in [5.74, 6) is -1.49. The molecule has 6 nitrogen and oxygen atoms in total. The molecule has 2 aromatic carbocycles. The van der Waals surface area contributed by atoms with Gasteiger partial charge in [-0.15, -0.1) is 0 Å². The maximum atomic E-state index is 14.8. The number of nitrogens with zero attached hydrogens (tertiary/aromatic N) is 5. The van der Waals surface area contributed by atoms with E-state index in [1.807, 2.05) is 26.1 Å². The largest absolute Gasteiger partial charge is 0.381 e. The smallest absolute Gasteiger partial charge is 0.137 e. The Kier molecular flexibility index (Phi) is 7.42. The second-order valence-electron chi connectivity index (χ2n) is 8.80. The molecular formula is C24H27Cl2F2N5O. The van der Waals surface area contributed by atoms with E-state index in [1.165, 1.54) is 23.4 Å². The van der Waals surface area contributed by atoms with E-state index in [2.05, 4.69) is 19.9 Å². The fourth-order valence-corrected chi connectivity index (χ4v) is 5.00. The van der Waals surface area contributed by atoms with Gasteiger partial charge in [0.1, 0.15) is 29.9 Å². The minimum Gasteiger partial charge on any atom is -0.381 e. The number of likely N-dealkylation sites (N-methyl/N-ethyl adjacent to an activating group) is 1. The van der Waals surface area contributed by atoms with E-state index in [-0.39, 0.29) is 18.2 Å². The topological polar surface area (TPSA) is 57.4 Å². The van der Waals surface area contributed by atoms with Gasteiger partial charge in [0.05, 0.1) is 16.6 Å². The summed E-state index contributed by atoms with van der Waals surface area (Å²) >= 11 is 12.2. The molecule has 182 valence electrons. The van der Waals surface area contributed by atoms with Crippen molar-refractivity contribution >= 4 is 28.9 Å². The van der Waals surface area contributed by atoms with Crippen molar-refractivity contribution in [3.05, 3.63) is 76.3 Å². The number of aliphatic hydroxyl groups is 1. The summed E-state index contributed by atoms with van der Waals surface area (Å²) in [4.78, 5) is 8.25. The lowest BCUT2D eigenvalue weighted by molar-refractivity contribution is -0.0697. The van der Waals surface area contributed by atoms with Crippen LogP contribution in [-0.4, -0.2) is 57.0 Å². The van der Waals surface area contributed by atoms with E-state index in [1.54, 1.807) is 6.07 Å². The van der Waals surface area contributed by atoms with Crippen LogP contribution in [0, 0.1) is 11.6 Å². The average molecular weight is 510 g/mol. The normalized spacial score (nSPS) is 17.7. The number of halogens is 4. The molecule has 10 heteroatoms. The molecule has 34 heavy (non-hydrogen) atoms. The van der Waals surface area contributed by atoms with Crippen molar-refractivity contribution in [1.29, 1.82) is 0 Å². The predicted molar refractivity (Wildman–Crippen MR) is 129 cm³/mol. The molecule has 1 aliphatic heterocycles. The van der Waals surface area contributed by atoms with Crippen LogP contribution in [-0.2, 0) is 12.1 Å². The number of aromatic nitrogens is 3. The summed E-state index contributed by atoms with van der Waals surface area (Å²) in [6.07, 6.45) is 4.50. The van der Waals surface area contributed by atoms with Gasteiger partial charge in [0.25, 0.3) is 0 Å². The summed E-state index contributed by atoms with van der Waals surface area (Å²) in [7, 11) is 1.93. The summed E-state index contributed by atoms with van der Waals surface area (Å²) in [5, 5.41) is 17.0. The summed E-state index contributed by atoms with van der Waals surface area (Å²) in [6, 6.07) is 8.52. The Labute approximate surface area is 207 Å². The van der Waals surface area contributed by atoms with Crippen molar-refractivity contribution in [3.8, 4) is 0 Å². The zero-order valence-corrected chi connectivity index (χ0v) is 20.5.